The first-order valence-electron chi connectivity index (χ1n) is 6.22. The van der Waals surface area contributed by atoms with E-state index in [4.69, 9.17) is 0 Å². The Labute approximate surface area is 118 Å². The van der Waals surface area contributed by atoms with Gasteiger partial charge in [0.1, 0.15) is 0 Å². The van der Waals surface area contributed by atoms with Gasteiger partial charge < -0.3 is 9.64 Å². The number of carbonyl (C=O) groups excluding carboxylic acids is 2. The van der Waals surface area contributed by atoms with Crippen LogP contribution in [0.2, 0.25) is 0 Å². The molecule has 1 aromatic rings. The zero-order valence-electron chi connectivity index (χ0n) is 10.9. The first-order valence-corrected chi connectivity index (χ1v) is 6.22. The topological polar surface area (TPSA) is 58.6 Å². The second-order valence-electron chi connectivity index (χ2n) is 4.48. The summed E-state index contributed by atoms with van der Waals surface area (Å²) in [5, 5.41) is 2.45. The van der Waals surface area contributed by atoms with Gasteiger partial charge in [0, 0.05) is 19.6 Å². The molecule has 1 aliphatic heterocycles. The minimum Gasteiger partial charge on any atom is -0.430 e. The minimum atomic E-state index is -5.12. The zero-order valence-corrected chi connectivity index (χ0v) is 10.9. The van der Waals surface area contributed by atoms with Gasteiger partial charge in [-0.05, 0) is 5.56 Å². The fourth-order valence-electron chi connectivity index (χ4n) is 1.92. The Hall–Kier alpha value is -2.09. The number of piperazine rings is 1. The van der Waals surface area contributed by atoms with E-state index in [-0.39, 0.29) is 13.1 Å². The lowest BCUT2D eigenvalue weighted by molar-refractivity contribution is -0.209. The highest BCUT2D eigenvalue weighted by atomic mass is 19.4. The lowest BCUT2D eigenvalue weighted by Gasteiger charge is -2.32. The standard InChI is InChI=1S/C13H13F3N2O3/c14-13(15,16)12(20)21-10-11(19)18(7-6-17-10)8-9-4-2-1-3-5-9/h1-5,10,17H,6-8H2. The molecule has 1 heterocycles. The van der Waals surface area contributed by atoms with Crippen molar-refractivity contribution >= 4 is 11.9 Å². The average Bonchev–Trinajstić information content (AvgIpc) is 2.43. The van der Waals surface area contributed by atoms with Crippen molar-refractivity contribution in [2.45, 2.75) is 18.9 Å². The smallest absolute Gasteiger partial charge is 0.430 e. The highest BCUT2D eigenvalue weighted by Crippen LogP contribution is 2.18. The Morgan fingerprint density at radius 2 is 2.00 bits per heavy atom. The van der Waals surface area contributed by atoms with E-state index in [0.29, 0.717) is 6.54 Å². The monoisotopic (exact) mass is 302 g/mol. The molecule has 114 valence electrons. The van der Waals surface area contributed by atoms with E-state index < -0.39 is 24.3 Å². The summed E-state index contributed by atoms with van der Waals surface area (Å²) in [5.74, 6) is -3.07. The van der Waals surface area contributed by atoms with Gasteiger partial charge in [-0.2, -0.15) is 13.2 Å². The first kappa shape index (κ1) is 15.3. The van der Waals surface area contributed by atoms with Gasteiger partial charge in [0.25, 0.3) is 5.91 Å². The highest BCUT2D eigenvalue weighted by molar-refractivity contribution is 5.85. The molecule has 0 saturated carbocycles. The molecule has 1 aliphatic rings. The van der Waals surface area contributed by atoms with Gasteiger partial charge in [-0.15, -0.1) is 0 Å². The predicted molar refractivity (Wildman–Crippen MR) is 65.8 cm³/mol. The third kappa shape index (κ3) is 3.94. The second-order valence-corrected chi connectivity index (χ2v) is 4.48. The van der Waals surface area contributed by atoms with Crippen LogP contribution in [0, 0.1) is 0 Å². The lowest BCUT2D eigenvalue weighted by Crippen LogP contribution is -2.57. The number of nitrogens with one attached hydrogen (secondary N) is 1. The Bertz CT molecular complexity index is 519. The Morgan fingerprint density at radius 1 is 1.33 bits per heavy atom. The maximum atomic E-state index is 12.1. The maximum absolute atomic E-state index is 12.1. The number of carbonyl (C=O) groups is 2. The van der Waals surface area contributed by atoms with Gasteiger partial charge in [-0.1, -0.05) is 30.3 Å². The molecule has 1 atom stereocenters. The van der Waals surface area contributed by atoms with Crippen LogP contribution < -0.4 is 5.32 Å². The summed E-state index contributed by atoms with van der Waals surface area (Å²) in [6.07, 6.45) is -6.72. The molecule has 8 heteroatoms. The third-order valence-electron chi connectivity index (χ3n) is 2.92. The first-order chi connectivity index (χ1) is 9.88. The molecule has 5 nitrogen and oxygen atoms in total. The van der Waals surface area contributed by atoms with Crippen LogP contribution in [0.3, 0.4) is 0 Å². The molecule has 0 aliphatic carbocycles. The molecule has 1 amide bonds. The van der Waals surface area contributed by atoms with Crippen molar-refractivity contribution < 1.29 is 27.5 Å². The molecule has 0 spiro atoms. The number of hydrogen-bond acceptors (Lipinski definition) is 4. The van der Waals surface area contributed by atoms with E-state index in [9.17, 15) is 22.8 Å². The summed E-state index contributed by atoms with van der Waals surface area (Å²) in [6.45, 7) is 0.823. The molecular weight excluding hydrogens is 289 g/mol. The summed E-state index contributed by atoms with van der Waals surface area (Å²) in [7, 11) is 0. The van der Waals surface area contributed by atoms with E-state index in [1.165, 1.54) is 4.90 Å². The molecule has 1 unspecified atom stereocenters. The number of ether oxygens (including phenoxy) is 1. The van der Waals surface area contributed by atoms with Gasteiger partial charge in [-0.3, -0.25) is 10.1 Å². The van der Waals surface area contributed by atoms with Gasteiger partial charge in [0.05, 0.1) is 0 Å². The number of nitrogens with zero attached hydrogens (tertiary/aromatic N) is 1. The summed E-state index contributed by atoms with van der Waals surface area (Å²) in [5.41, 5.74) is 0.841. The summed E-state index contributed by atoms with van der Waals surface area (Å²) in [6, 6.07) is 9.00. The molecule has 2 rings (SSSR count). The molecule has 1 saturated heterocycles. The van der Waals surface area contributed by atoms with E-state index in [2.05, 4.69) is 10.1 Å². The van der Waals surface area contributed by atoms with Crippen LogP contribution >= 0.6 is 0 Å². The third-order valence-corrected chi connectivity index (χ3v) is 2.92. The molecule has 1 N–H and O–H groups in total. The van der Waals surface area contributed by atoms with Crippen molar-refractivity contribution in [3.8, 4) is 0 Å². The molecule has 0 radical (unpaired) electrons. The Morgan fingerprint density at radius 3 is 2.62 bits per heavy atom. The lowest BCUT2D eigenvalue weighted by atomic mass is 10.2. The zero-order chi connectivity index (χ0) is 15.5. The van der Waals surface area contributed by atoms with Crippen LogP contribution in [-0.4, -0.2) is 42.3 Å². The molecule has 21 heavy (non-hydrogen) atoms. The fraction of sp³-hybridized carbons (Fsp3) is 0.385. The summed E-state index contributed by atoms with van der Waals surface area (Å²) in [4.78, 5) is 24.1. The number of alkyl halides is 3. The number of esters is 1. The fourth-order valence-corrected chi connectivity index (χ4v) is 1.92. The largest absolute Gasteiger partial charge is 0.490 e. The van der Waals surface area contributed by atoms with Gasteiger partial charge in [0.2, 0.25) is 6.23 Å². The van der Waals surface area contributed by atoms with Crippen molar-refractivity contribution in [1.82, 2.24) is 10.2 Å². The van der Waals surface area contributed by atoms with Crippen molar-refractivity contribution in [2.75, 3.05) is 13.1 Å². The van der Waals surface area contributed by atoms with Crippen LogP contribution in [0.1, 0.15) is 5.56 Å². The molecule has 1 aromatic carbocycles. The predicted octanol–water partition coefficient (Wildman–Crippen LogP) is 1.05. The van der Waals surface area contributed by atoms with Crippen LogP contribution in [0.4, 0.5) is 13.2 Å². The van der Waals surface area contributed by atoms with Crippen LogP contribution in [-0.2, 0) is 20.9 Å². The number of halogens is 3. The SMILES string of the molecule is O=C1C(OC(=O)C(F)(F)F)NCCN1Cc1ccccc1. The van der Waals surface area contributed by atoms with Gasteiger partial charge in [-0.25, -0.2) is 4.79 Å². The molecule has 0 bridgehead atoms. The van der Waals surface area contributed by atoms with Crippen LogP contribution in [0.5, 0.6) is 0 Å². The van der Waals surface area contributed by atoms with Crippen molar-refractivity contribution in [3.63, 3.8) is 0 Å². The number of amides is 1. The summed E-state index contributed by atoms with van der Waals surface area (Å²) < 4.78 is 40.6. The molecule has 0 aromatic heterocycles. The number of hydrogen-bond donors (Lipinski definition) is 1. The average molecular weight is 302 g/mol. The normalized spacial score (nSPS) is 19.5. The molecular formula is C13H13F3N2O3. The van der Waals surface area contributed by atoms with Gasteiger partial charge in [0.15, 0.2) is 0 Å². The minimum absolute atomic E-state index is 0.244. The van der Waals surface area contributed by atoms with E-state index in [1.54, 1.807) is 24.3 Å². The van der Waals surface area contributed by atoms with E-state index in [1.807, 2.05) is 6.07 Å². The van der Waals surface area contributed by atoms with Crippen molar-refractivity contribution in [1.29, 1.82) is 0 Å². The Balaban J connectivity index is 2.00. The van der Waals surface area contributed by atoms with E-state index >= 15 is 0 Å². The second kappa shape index (κ2) is 6.13. The summed E-state index contributed by atoms with van der Waals surface area (Å²) >= 11 is 0. The van der Waals surface area contributed by atoms with Crippen LogP contribution in [0.25, 0.3) is 0 Å². The Kier molecular flexibility index (Phi) is 4.46. The van der Waals surface area contributed by atoms with Crippen molar-refractivity contribution in [2.24, 2.45) is 0 Å². The molecule has 1 fully saturated rings. The van der Waals surface area contributed by atoms with Gasteiger partial charge >= 0.3 is 12.1 Å². The highest BCUT2D eigenvalue weighted by Gasteiger charge is 2.44. The van der Waals surface area contributed by atoms with E-state index in [0.717, 1.165) is 5.56 Å². The number of rotatable bonds is 3. The number of benzene rings is 1. The van der Waals surface area contributed by atoms with Crippen molar-refractivity contribution in [3.05, 3.63) is 35.9 Å². The quantitative estimate of drug-likeness (QED) is 0.848. The maximum Gasteiger partial charge on any atom is 0.490 e. The van der Waals surface area contributed by atoms with Crippen LogP contribution in [0.15, 0.2) is 30.3 Å².